The number of amides is 2. The summed E-state index contributed by atoms with van der Waals surface area (Å²) in [6.07, 6.45) is -2.07. The van der Waals surface area contributed by atoms with Crippen molar-refractivity contribution >= 4 is 23.4 Å². The number of anilines is 3. The fraction of sp³-hybridized carbons (Fsp3) is 0.292. The zero-order valence-electron chi connectivity index (χ0n) is 18.3. The van der Waals surface area contributed by atoms with Crippen LogP contribution < -0.4 is 15.1 Å². The summed E-state index contributed by atoms with van der Waals surface area (Å²) in [6.45, 7) is 5.48. The molecule has 6 nitrogen and oxygen atoms in total. The highest BCUT2D eigenvalue weighted by Crippen LogP contribution is 2.41. The Balaban J connectivity index is 0.00000126. The van der Waals surface area contributed by atoms with Gasteiger partial charge >= 0.3 is 12.2 Å². The van der Waals surface area contributed by atoms with E-state index in [9.17, 15) is 18.0 Å². The zero-order valence-corrected chi connectivity index (χ0v) is 18.3. The smallest absolute Gasteiger partial charge is 0.366 e. The minimum absolute atomic E-state index is 0.0690. The zero-order chi connectivity index (χ0) is 23.6. The highest BCUT2D eigenvalue weighted by molar-refractivity contribution is 6.04. The number of urea groups is 1. The monoisotopic (exact) mass is 455 g/mol. The normalized spacial score (nSPS) is 16.6. The quantitative estimate of drug-likeness (QED) is 0.529. The van der Waals surface area contributed by atoms with Crippen LogP contribution in [0.3, 0.4) is 0 Å². The van der Waals surface area contributed by atoms with Crippen LogP contribution in [0.25, 0.3) is 11.3 Å². The highest BCUT2D eigenvalue weighted by atomic mass is 19.4. The summed E-state index contributed by atoms with van der Waals surface area (Å²) in [6, 6.07) is 13.3. The fourth-order valence-corrected chi connectivity index (χ4v) is 4.09. The van der Waals surface area contributed by atoms with Crippen molar-refractivity contribution in [1.82, 2.24) is 9.97 Å². The van der Waals surface area contributed by atoms with Crippen molar-refractivity contribution in [2.45, 2.75) is 32.5 Å². The molecule has 1 fully saturated rings. The Labute approximate surface area is 190 Å². The molecular weight excluding hydrogens is 431 g/mol. The number of carbonyl (C=O) groups is 1. The van der Waals surface area contributed by atoms with Crippen LogP contribution in [0, 0.1) is 0 Å². The van der Waals surface area contributed by atoms with E-state index in [1.807, 2.05) is 19.9 Å². The predicted octanol–water partition coefficient (Wildman–Crippen LogP) is 5.82. The molecule has 4 heterocycles. The van der Waals surface area contributed by atoms with E-state index < -0.39 is 11.7 Å². The fourth-order valence-electron chi connectivity index (χ4n) is 4.09. The predicted molar refractivity (Wildman–Crippen MR) is 122 cm³/mol. The van der Waals surface area contributed by atoms with E-state index in [2.05, 4.69) is 20.2 Å². The minimum Gasteiger partial charge on any atom is -0.366 e. The number of fused-ring (bicyclic) bond motifs is 4. The third-order valence-electron chi connectivity index (χ3n) is 5.56. The molecule has 0 radical (unpaired) electrons. The van der Waals surface area contributed by atoms with Gasteiger partial charge in [0.1, 0.15) is 5.82 Å². The lowest BCUT2D eigenvalue weighted by atomic mass is 10.1. The summed E-state index contributed by atoms with van der Waals surface area (Å²) in [7, 11) is 0. The molecule has 0 aliphatic carbocycles. The number of aromatic nitrogens is 2. The Morgan fingerprint density at radius 2 is 1.91 bits per heavy atom. The number of hydrogen-bond acceptors (Lipinski definition) is 4. The van der Waals surface area contributed by atoms with Crippen molar-refractivity contribution in [3.8, 4) is 11.3 Å². The van der Waals surface area contributed by atoms with Crippen molar-refractivity contribution in [2.75, 3.05) is 28.2 Å². The Bertz CT molecular complexity index is 1140. The molecule has 1 aromatic carbocycles. The van der Waals surface area contributed by atoms with Gasteiger partial charge in [-0.2, -0.15) is 13.2 Å². The first-order valence-corrected chi connectivity index (χ1v) is 10.8. The molecule has 0 saturated carbocycles. The molecule has 1 N–H and O–H groups in total. The maximum atomic E-state index is 13.1. The maximum absolute atomic E-state index is 13.1. The molecule has 0 unspecified atom stereocenters. The van der Waals surface area contributed by atoms with Gasteiger partial charge in [-0.3, -0.25) is 10.2 Å². The molecule has 0 spiro atoms. The van der Waals surface area contributed by atoms with Crippen LogP contribution in [-0.4, -0.2) is 35.1 Å². The topological polar surface area (TPSA) is 61.4 Å². The summed E-state index contributed by atoms with van der Waals surface area (Å²) < 4.78 is 39.4. The SMILES string of the molecule is CC.O=C(Nc1ccccn1)N1c2nc(-c3cccc(C(F)(F)F)c3)ccc2N2CC[C@H]1C2. The summed E-state index contributed by atoms with van der Waals surface area (Å²) in [5.74, 6) is 0.862. The number of rotatable bonds is 2. The molecule has 2 bridgehead atoms. The van der Waals surface area contributed by atoms with Gasteiger partial charge in [-0.25, -0.2) is 14.8 Å². The number of nitrogens with zero attached hydrogens (tertiary/aromatic N) is 4. The molecule has 2 aliphatic rings. The van der Waals surface area contributed by atoms with E-state index in [4.69, 9.17) is 0 Å². The molecule has 5 rings (SSSR count). The molecule has 172 valence electrons. The number of halogens is 3. The van der Waals surface area contributed by atoms with Gasteiger partial charge in [0.2, 0.25) is 0 Å². The van der Waals surface area contributed by atoms with E-state index in [-0.39, 0.29) is 12.1 Å². The lowest BCUT2D eigenvalue weighted by Gasteiger charge is -2.35. The first-order chi connectivity index (χ1) is 15.9. The molecule has 2 aliphatic heterocycles. The van der Waals surface area contributed by atoms with E-state index >= 15 is 0 Å². The van der Waals surface area contributed by atoms with Crippen LogP contribution in [0.15, 0.2) is 60.8 Å². The first kappa shape index (κ1) is 22.6. The Hall–Kier alpha value is -3.62. The minimum atomic E-state index is -4.44. The van der Waals surface area contributed by atoms with Gasteiger partial charge in [0, 0.05) is 24.8 Å². The second-order valence-corrected chi connectivity index (χ2v) is 7.52. The summed E-state index contributed by atoms with van der Waals surface area (Å²) in [5.41, 5.74) is 0.775. The second kappa shape index (κ2) is 9.09. The number of hydrogen-bond donors (Lipinski definition) is 1. The van der Waals surface area contributed by atoms with Crippen LogP contribution in [0.1, 0.15) is 25.8 Å². The van der Waals surface area contributed by atoms with Crippen LogP contribution in [0.5, 0.6) is 0 Å². The van der Waals surface area contributed by atoms with Crippen LogP contribution in [0.2, 0.25) is 0 Å². The third kappa shape index (κ3) is 4.48. The first-order valence-electron chi connectivity index (χ1n) is 10.8. The number of benzene rings is 1. The van der Waals surface area contributed by atoms with Crippen molar-refractivity contribution in [3.05, 3.63) is 66.4 Å². The Kier molecular flexibility index (Phi) is 6.22. The van der Waals surface area contributed by atoms with Gasteiger partial charge in [-0.1, -0.05) is 32.0 Å². The molecule has 1 atom stereocenters. The van der Waals surface area contributed by atoms with Gasteiger partial charge in [-0.15, -0.1) is 0 Å². The van der Waals surface area contributed by atoms with Crippen LogP contribution in [0.4, 0.5) is 35.3 Å². The highest BCUT2D eigenvalue weighted by Gasteiger charge is 2.40. The second-order valence-electron chi connectivity index (χ2n) is 7.52. The van der Waals surface area contributed by atoms with Gasteiger partial charge in [0.25, 0.3) is 0 Å². The van der Waals surface area contributed by atoms with E-state index in [0.29, 0.717) is 29.4 Å². The van der Waals surface area contributed by atoms with Gasteiger partial charge in [-0.05, 0) is 42.8 Å². The van der Waals surface area contributed by atoms with E-state index in [1.165, 1.54) is 6.07 Å². The average Bonchev–Trinajstić information content (AvgIpc) is 3.24. The number of nitrogens with one attached hydrogen (secondary N) is 1. The Morgan fingerprint density at radius 3 is 2.64 bits per heavy atom. The lowest BCUT2D eigenvalue weighted by Crippen LogP contribution is -2.48. The average molecular weight is 455 g/mol. The molecule has 2 amide bonds. The van der Waals surface area contributed by atoms with E-state index in [0.717, 1.165) is 30.8 Å². The molecule has 9 heteroatoms. The lowest BCUT2D eigenvalue weighted by molar-refractivity contribution is -0.137. The molecule has 2 aromatic heterocycles. The molecule has 1 saturated heterocycles. The van der Waals surface area contributed by atoms with Gasteiger partial charge < -0.3 is 4.90 Å². The Morgan fingerprint density at radius 1 is 1.09 bits per heavy atom. The molecule has 3 aromatic rings. The number of alkyl halides is 3. The number of pyridine rings is 2. The van der Waals surface area contributed by atoms with Crippen molar-refractivity contribution in [1.29, 1.82) is 0 Å². The van der Waals surface area contributed by atoms with Gasteiger partial charge in [0.05, 0.1) is 23.0 Å². The van der Waals surface area contributed by atoms with Gasteiger partial charge in [0.15, 0.2) is 5.82 Å². The van der Waals surface area contributed by atoms with E-state index in [1.54, 1.807) is 41.4 Å². The van der Waals surface area contributed by atoms with Crippen LogP contribution >= 0.6 is 0 Å². The largest absolute Gasteiger partial charge is 0.416 e. The molecule has 33 heavy (non-hydrogen) atoms. The number of carbonyl (C=O) groups excluding carboxylic acids is 1. The molecular formula is C24H24F3N5O. The third-order valence-corrected chi connectivity index (χ3v) is 5.56. The maximum Gasteiger partial charge on any atom is 0.416 e. The summed E-state index contributed by atoms with van der Waals surface area (Å²) in [4.78, 5) is 25.6. The summed E-state index contributed by atoms with van der Waals surface area (Å²) >= 11 is 0. The van der Waals surface area contributed by atoms with Crippen molar-refractivity contribution in [2.24, 2.45) is 0 Å². The van der Waals surface area contributed by atoms with Crippen molar-refractivity contribution < 1.29 is 18.0 Å². The van der Waals surface area contributed by atoms with Crippen molar-refractivity contribution in [3.63, 3.8) is 0 Å². The standard InChI is InChI=1S/C22H18F3N5O.C2H6/c23-22(24,25)15-5-3-4-14(12-15)17-7-8-18-20(27-17)30(16-9-11-29(18)13-16)21(31)28-19-6-1-2-10-26-19;1-2/h1-8,10,12,16H,9,11,13H2,(H,26,28,31);1-2H3/t16-;/m0./s1. The van der Waals surface area contributed by atoms with Crippen LogP contribution in [-0.2, 0) is 6.18 Å². The summed E-state index contributed by atoms with van der Waals surface area (Å²) in [5, 5.41) is 2.79.